The molecule has 8 nitrogen and oxygen atoms in total. The first-order valence-corrected chi connectivity index (χ1v) is 12.4. The Morgan fingerprint density at radius 1 is 0.947 bits per heavy atom. The SMILES string of the molecule is C[C@H](O)CNc1nccc(-n2ccnc2Cc2cccc(NC(=O)c3ccccc3-c3ccccc3)c2)n1. The third-order valence-electron chi connectivity index (χ3n) is 5.96. The van der Waals surface area contributed by atoms with Gasteiger partial charge in [0.1, 0.15) is 11.6 Å². The smallest absolute Gasteiger partial charge is 0.256 e. The van der Waals surface area contributed by atoms with Crippen molar-refractivity contribution in [1.82, 2.24) is 19.5 Å². The highest BCUT2D eigenvalue weighted by molar-refractivity contribution is 6.08. The van der Waals surface area contributed by atoms with Gasteiger partial charge in [-0.1, -0.05) is 60.7 Å². The molecule has 38 heavy (non-hydrogen) atoms. The molecule has 3 N–H and O–H groups in total. The second kappa shape index (κ2) is 11.5. The number of carbonyl (C=O) groups is 1. The Labute approximate surface area is 221 Å². The molecule has 5 aromatic rings. The molecule has 1 atom stereocenters. The monoisotopic (exact) mass is 504 g/mol. The van der Waals surface area contributed by atoms with Crippen LogP contribution >= 0.6 is 0 Å². The highest BCUT2D eigenvalue weighted by Gasteiger charge is 2.14. The summed E-state index contributed by atoms with van der Waals surface area (Å²) in [6.07, 6.45) is 5.28. The van der Waals surface area contributed by atoms with Crippen LogP contribution in [0.4, 0.5) is 11.6 Å². The molecule has 0 bridgehead atoms. The number of rotatable bonds is 9. The lowest BCUT2D eigenvalue weighted by Crippen LogP contribution is -2.17. The van der Waals surface area contributed by atoms with Gasteiger partial charge in [-0.05, 0) is 47.9 Å². The average Bonchev–Trinajstić information content (AvgIpc) is 3.41. The van der Waals surface area contributed by atoms with Gasteiger partial charge < -0.3 is 15.7 Å². The maximum absolute atomic E-state index is 13.2. The van der Waals surface area contributed by atoms with Crippen LogP contribution in [0.1, 0.15) is 28.7 Å². The first-order valence-electron chi connectivity index (χ1n) is 12.4. The van der Waals surface area contributed by atoms with Crippen molar-refractivity contribution in [1.29, 1.82) is 0 Å². The zero-order valence-corrected chi connectivity index (χ0v) is 21.0. The van der Waals surface area contributed by atoms with Crippen molar-refractivity contribution in [3.63, 3.8) is 0 Å². The molecule has 1 amide bonds. The number of amides is 1. The van der Waals surface area contributed by atoms with Crippen molar-refractivity contribution in [2.24, 2.45) is 0 Å². The molecular weight excluding hydrogens is 476 g/mol. The van der Waals surface area contributed by atoms with Crippen LogP contribution < -0.4 is 10.6 Å². The number of nitrogens with zero attached hydrogens (tertiary/aromatic N) is 4. The third kappa shape index (κ3) is 5.93. The molecule has 0 saturated carbocycles. The summed E-state index contributed by atoms with van der Waals surface area (Å²) in [6.45, 7) is 2.05. The Bertz CT molecular complexity index is 1530. The van der Waals surface area contributed by atoms with E-state index >= 15 is 0 Å². The van der Waals surface area contributed by atoms with Crippen LogP contribution in [0.5, 0.6) is 0 Å². The zero-order valence-electron chi connectivity index (χ0n) is 21.0. The van der Waals surface area contributed by atoms with Crippen molar-refractivity contribution < 1.29 is 9.90 Å². The summed E-state index contributed by atoms with van der Waals surface area (Å²) in [5.41, 5.74) is 4.19. The van der Waals surface area contributed by atoms with Crippen LogP contribution in [-0.4, -0.2) is 43.2 Å². The fraction of sp³-hybridized carbons (Fsp3) is 0.133. The fourth-order valence-corrected chi connectivity index (χ4v) is 4.17. The maximum Gasteiger partial charge on any atom is 0.256 e. The molecule has 190 valence electrons. The van der Waals surface area contributed by atoms with Gasteiger partial charge >= 0.3 is 0 Å². The molecule has 0 aliphatic carbocycles. The fourth-order valence-electron chi connectivity index (χ4n) is 4.17. The van der Waals surface area contributed by atoms with Crippen LogP contribution in [0, 0.1) is 0 Å². The Kier molecular flexibility index (Phi) is 7.52. The molecular formula is C30H28N6O2. The molecule has 8 heteroatoms. The van der Waals surface area contributed by atoms with Crippen molar-refractivity contribution in [2.45, 2.75) is 19.4 Å². The molecule has 2 aromatic heterocycles. The van der Waals surface area contributed by atoms with Crippen molar-refractivity contribution in [2.75, 3.05) is 17.2 Å². The molecule has 0 aliphatic rings. The minimum Gasteiger partial charge on any atom is -0.392 e. The number of imidazole rings is 1. The predicted molar refractivity (Wildman–Crippen MR) is 148 cm³/mol. The quantitative estimate of drug-likeness (QED) is 0.262. The number of carbonyl (C=O) groups excluding carboxylic acids is 1. The van der Waals surface area contributed by atoms with Gasteiger partial charge in [0.25, 0.3) is 5.91 Å². The van der Waals surface area contributed by atoms with Gasteiger partial charge in [0.15, 0.2) is 0 Å². The van der Waals surface area contributed by atoms with E-state index in [-0.39, 0.29) is 5.91 Å². The lowest BCUT2D eigenvalue weighted by atomic mass is 9.99. The number of benzene rings is 3. The topological polar surface area (TPSA) is 105 Å². The van der Waals surface area contributed by atoms with E-state index in [1.165, 1.54) is 0 Å². The van der Waals surface area contributed by atoms with Gasteiger partial charge in [-0.15, -0.1) is 0 Å². The molecule has 3 aromatic carbocycles. The summed E-state index contributed by atoms with van der Waals surface area (Å²) < 4.78 is 1.90. The molecule has 0 saturated heterocycles. The highest BCUT2D eigenvalue weighted by atomic mass is 16.3. The standard InChI is InChI=1S/C30H28N6O2/c1-21(37)20-33-30-32-15-14-27(35-30)36-17-16-31-28(36)19-22-8-7-11-24(18-22)34-29(38)26-13-6-5-12-25(26)23-9-3-2-4-10-23/h2-18,21,37H,19-20H2,1H3,(H,34,38)(H,32,33,35)/t21-/m0/s1. The number of hydrogen-bond acceptors (Lipinski definition) is 6. The minimum atomic E-state index is -0.509. The summed E-state index contributed by atoms with van der Waals surface area (Å²) in [5, 5.41) is 15.6. The van der Waals surface area contributed by atoms with Gasteiger partial charge in [-0.3, -0.25) is 9.36 Å². The first-order chi connectivity index (χ1) is 18.6. The number of aliphatic hydroxyl groups excluding tert-OH is 1. The van der Waals surface area contributed by atoms with Crippen molar-refractivity contribution >= 4 is 17.5 Å². The number of anilines is 2. The van der Waals surface area contributed by atoms with Crippen molar-refractivity contribution in [3.8, 4) is 16.9 Å². The third-order valence-corrected chi connectivity index (χ3v) is 5.96. The van der Waals surface area contributed by atoms with Crippen molar-refractivity contribution in [3.05, 3.63) is 120 Å². The lowest BCUT2D eigenvalue weighted by molar-refractivity contribution is 0.102. The van der Waals surface area contributed by atoms with E-state index in [2.05, 4.69) is 25.6 Å². The van der Waals surface area contributed by atoms with E-state index in [1.807, 2.05) is 89.6 Å². The Hall–Kier alpha value is -4.82. The average molecular weight is 505 g/mol. The van der Waals surface area contributed by atoms with Crippen LogP contribution in [0.25, 0.3) is 16.9 Å². The second-order valence-corrected chi connectivity index (χ2v) is 8.92. The number of aromatic nitrogens is 4. The molecule has 5 rings (SSSR count). The first kappa shape index (κ1) is 24.9. The van der Waals surface area contributed by atoms with E-state index < -0.39 is 6.10 Å². The lowest BCUT2D eigenvalue weighted by Gasteiger charge is -2.12. The van der Waals surface area contributed by atoms with E-state index in [0.717, 1.165) is 22.5 Å². The van der Waals surface area contributed by atoms with Gasteiger partial charge in [0.2, 0.25) is 5.95 Å². The molecule has 0 spiro atoms. The Morgan fingerprint density at radius 3 is 2.61 bits per heavy atom. The summed E-state index contributed by atoms with van der Waals surface area (Å²) in [4.78, 5) is 26.5. The molecule has 0 unspecified atom stereocenters. The molecule has 0 radical (unpaired) electrons. The van der Waals surface area contributed by atoms with E-state index in [1.54, 1.807) is 25.4 Å². The number of aliphatic hydroxyl groups is 1. The van der Waals surface area contributed by atoms with Gasteiger partial charge in [0, 0.05) is 42.8 Å². The maximum atomic E-state index is 13.2. The predicted octanol–water partition coefficient (Wildman–Crippen LogP) is 4.97. The van der Waals surface area contributed by atoms with Gasteiger partial charge in [-0.25, -0.2) is 9.97 Å². The Balaban J connectivity index is 1.33. The van der Waals surface area contributed by atoms with Crippen LogP contribution in [0.15, 0.2) is 104 Å². The normalized spacial score (nSPS) is 11.6. The van der Waals surface area contributed by atoms with E-state index in [4.69, 9.17) is 0 Å². The summed E-state index contributed by atoms with van der Waals surface area (Å²) >= 11 is 0. The van der Waals surface area contributed by atoms with Crippen LogP contribution in [-0.2, 0) is 6.42 Å². The Morgan fingerprint density at radius 2 is 1.76 bits per heavy atom. The molecule has 0 fully saturated rings. The van der Waals surface area contributed by atoms with Gasteiger partial charge in [-0.2, -0.15) is 4.98 Å². The number of hydrogen-bond donors (Lipinski definition) is 3. The van der Waals surface area contributed by atoms with E-state index in [0.29, 0.717) is 36.0 Å². The minimum absolute atomic E-state index is 0.165. The summed E-state index contributed by atoms with van der Waals surface area (Å²) in [5.74, 6) is 1.73. The van der Waals surface area contributed by atoms with Crippen LogP contribution in [0.3, 0.4) is 0 Å². The summed E-state index contributed by atoms with van der Waals surface area (Å²) in [7, 11) is 0. The summed E-state index contributed by atoms with van der Waals surface area (Å²) in [6, 6.07) is 27.0. The number of nitrogens with one attached hydrogen (secondary N) is 2. The molecule has 2 heterocycles. The van der Waals surface area contributed by atoms with E-state index in [9.17, 15) is 9.90 Å². The van der Waals surface area contributed by atoms with Gasteiger partial charge in [0.05, 0.1) is 6.10 Å². The second-order valence-electron chi connectivity index (χ2n) is 8.92. The highest BCUT2D eigenvalue weighted by Crippen LogP contribution is 2.25. The largest absolute Gasteiger partial charge is 0.392 e. The van der Waals surface area contributed by atoms with Crippen LogP contribution in [0.2, 0.25) is 0 Å². The zero-order chi connectivity index (χ0) is 26.3. The molecule has 0 aliphatic heterocycles.